The normalized spacial score (nSPS) is 13.4. The van der Waals surface area contributed by atoms with E-state index in [1.165, 1.54) is 12.1 Å². The second-order valence-corrected chi connectivity index (χ2v) is 5.89. The molecule has 114 valence electrons. The van der Waals surface area contributed by atoms with E-state index in [2.05, 4.69) is 26.1 Å². The maximum absolute atomic E-state index is 13.3. The van der Waals surface area contributed by atoms with Crippen molar-refractivity contribution in [2.24, 2.45) is 0 Å². The number of hydrogen-bond donors (Lipinski definition) is 1. The van der Waals surface area contributed by atoms with E-state index in [9.17, 15) is 4.39 Å². The molecule has 0 bridgehead atoms. The van der Waals surface area contributed by atoms with Crippen molar-refractivity contribution in [3.8, 4) is 0 Å². The van der Waals surface area contributed by atoms with Gasteiger partial charge in [-0.25, -0.2) is 4.39 Å². The molecule has 1 aromatic rings. The first-order valence-electron chi connectivity index (χ1n) is 7.03. The summed E-state index contributed by atoms with van der Waals surface area (Å²) in [6.07, 6.45) is 0.680. The van der Waals surface area contributed by atoms with E-state index in [1.807, 2.05) is 6.07 Å². The first-order valence-corrected chi connectivity index (χ1v) is 7.03. The average molecular weight is 283 g/mol. The van der Waals surface area contributed by atoms with E-state index in [0.717, 1.165) is 12.0 Å². The van der Waals surface area contributed by atoms with Crippen LogP contribution in [0.4, 0.5) is 4.39 Å². The van der Waals surface area contributed by atoms with Crippen molar-refractivity contribution in [2.75, 3.05) is 26.9 Å². The van der Waals surface area contributed by atoms with E-state index >= 15 is 0 Å². The Morgan fingerprint density at radius 2 is 2.00 bits per heavy atom. The summed E-state index contributed by atoms with van der Waals surface area (Å²) in [5.74, 6) is -0.233. The minimum atomic E-state index is -0.233. The molecule has 20 heavy (non-hydrogen) atoms. The van der Waals surface area contributed by atoms with E-state index in [1.54, 1.807) is 13.2 Å². The Morgan fingerprint density at radius 1 is 1.25 bits per heavy atom. The summed E-state index contributed by atoms with van der Waals surface area (Å²) in [5.41, 5.74) is 0.862. The Hall–Kier alpha value is -0.970. The van der Waals surface area contributed by atoms with Crippen LogP contribution in [0, 0.1) is 5.82 Å². The number of halogens is 1. The summed E-state index contributed by atoms with van der Waals surface area (Å²) in [7, 11) is 1.67. The first-order chi connectivity index (χ1) is 9.42. The monoisotopic (exact) mass is 283 g/mol. The van der Waals surface area contributed by atoms with Gasteiger partial charge in [-0.3, -0.25) is 0 Å². The van der Waals surface area contributed by atoms with Crippen molar-refractivity contribution >= 4 is 0 Å². The molecule has 1 atom stereocenters. The van der Waals surface area contributed by atoms with Crippen molar-refractivity contribution in [1.29, 1.82) is 0 Å². The maximum Gasteiger partial charge on any atom is 0.123 e. The molecule has 0 aromatic heterocycles. The Morgan fingerprint density at radius 3 is 2.60 bits per heavy atom. The molecule has 1 aromatic carbocycles. The van der Waals surface area contributed by atoms with Crippen LogP contribution in [0.25, 0.3) is 0 Å². The van der Waals surface area contributed by atoms with Crippen molar-refractivity contribution in [3.05, 3.63) is 35.6 Å². The van der Waals surface area contributed by atoms with Crippen molar-refractivity contribution in [1.82, 2.24) is 5.32 Å². The highest BCUT2D eigenvalue weighted by Crippen LogP contribution is 2.19. The number of nitrogens with one attached hydrogen (secondary N) is 1. The third-order valence-electron chi connectivity index (χ3n) is 2.85. The fourth-order valence-corrected chi connectivity index (χ4v) is 1.81. The predicted octanol–water partition coefficient (Wildman–Crippen LogP) is 3.31. The van der Waals surface area contributed by atoms with Gasteiger partial charge in [-0.05, 0) is 44.9 Å². The zero-order chi connectivity index (χ0) is 15.0. The molecule has 0 aliphatic heterocycles. The van der Waals surface area contributed by atoms with E-state index in [4.69, 9.17) is 9.47 Å². The van der Waals surface area contributed by atoms with Crippen LogP contribution in [0.1, 0.15) is 38.9 Å². The van der Waals surface area contributed by atoms with Crippen LogP contribution >= 0.6 is 0 Å². The van der Waals surface area contributed by atoms with Gasteiger partial charge >= 0.3 is 0 Å². The molecule has 0 saturated heterocycles. The molecule has 0 radical (unpaired) electrons. The second kappa shape index (κ2) is 8.35. The molecule has 0 saturated carbocycles. The van der Waals surface area contributed by atoms with Crippen LogP contribution in [-0.4, -0.2) is 32.4 Å². The topological polar surface area (TPSA) is 30.5 Å². The zero-order valence-electron chi connectivity index (χ0n) is 12.9. The fraction of sp³-hybridized carbons (Fsp3) is 0.625. The van der Waals surface area contributed by atoms with Crippen LogP contribution in [-0.2, 0) is 9.47 Å². The summed E-state index contributed by atoms with van der Waals surface area (Å²) >= 11 is 0. The molecule has 1 unspecified atom stereocenters. The summed E-state index contributed by atoms with van der Waals surface area (Å²) in [4.78, 5) is 0. The van der Waals surface area contributed by atoms with Gasteiger partial charge < -0.3 is 14.8 Å². The highest BCUT2D eigenvalue weighted by Gasteiger charge is 2.16. The highest BCUT2D eigenvalue weighted by atomic mass is 19.1. The predicted molar refractivity (Wildman–Crippen MR) is 79.3 cm³/mol. The van der Waals surface area contributed by atoms with Gasteiger partial charge in [-0.2, -0.15) is 0 Å². The minimum Gasteiger partial charge on any atom is -0.385 e. The molecule has 0 spiro atoms. The third kappa shape index (κ3) is 6.98. The Bertz CT molecular complexity index is 390. The summed E-state index contributed by atoms with van der Waals surface area (Å²) < 4.78 is 24.2. The lowest BCUT2D eigenvalue weighted by molar-refractivity contribution is 0.0351. The van der Waals surface area contributed by atoms with Gasteiger partial charge in [-0.1, -0.05) is 12.1 Å². The van der Waals surface area contributed by atoms with Crippen LogP contribution in [0.2, 0.25) is 0 Å². The van der Waals surface area contributed by atoms with Crippen molar-refractivity contribution < 1.29 is 13.9 Å². The van der Waals surface area contributed by atoms with E-state index in [0.29, 0.717) is 19.8 Å². The lowest BCUT2D eigenvalue weighted by atomic mass is 10.1. The Balaban J connectivity index is 2.63. The lowest BCUT2D eigenvalue weighted by Gasteiger charge is -2.26. The quantitative estimate of drug-likeness (QED) is 0.743. The van der Waals surface area contributed by atoms with Crippen molar-refractivity contribution in [3.63, 3.8) is 0 Å². The van der Waals surface area contributed by atoms with Gasteiger partial charge in [0.2, 0.25) is 0 Å². The van der Waals surface area contributed by atoms with Crippen molar-refractivity contribution in [2.45, 2.75) is 38.8 Å². The average Bonchev–Trinajstić information content (AvgIpc) is 2.36. The van der Waals surface area contributed by atoms with Gasteiger partial charge in [0, 0.05) is 32.4 Å². The fourth-order valence-electron chi connectivity index (χ4n) is 1.81. The molecule has 0 aliphatic carbocycles. The lowest BCUT2D eigenvalue weighted by Crippen LogP contribution is -2.39. The molecule has 0 fully saturated rings. The molecular formula is C16H26FNO2. The maximum atomic E-state index is 13.3. The molecule has 3 nitrogen and oxygen atoms in total. The summed E-state index contributed by atoms with van der Waals surface area (Å²) in [6, 6.07) is 6.59. The molecule has 1 N–H and O–H groups in total. The molecule has 0 amide bonds. The van der Waals surface area contributed by atoms with E-state index < -0.39 is 0 Å². The molecule has 1 rings (SSSR count). The van der Waals surface area contributed by atoms with Gasteiger partial charge in [0.1, 0.15) is 5.82 Å². The van der Waals surface area contributed by atoms with E-state index in [-0.39, 0.29) is 17.5 Å². The largest absolute Gasteiger partial charge is 0.385 e. The van der Waals surface area contributed by atoms with Gasteiger partial charge in [0.05, 0.1) is 6.10 Å². The molecular weight excluding hydrogens is 257 g/mol. The van der Waals surface area contributed by atoms with Gasteiger partial charge in [0.15, 0.2) is 0 Å². The van der Waals surface area contributed by atoms with Gasteiger partial charge in [-0.15, -0.1) is 0 Å². The number of rotatable bonds is 8. The second-order valence-electron chi connectivity index (χ2n) is 5.89. The minimum absolute atomic E-state index is 0.00145. The van der Waals surface area contributed by atoms with Crippen LogP contribution in [0.3, 0.4) is 0 Å². The number of methoxy groups -OCH3 is 1. The van der Waals surface area contributed by atoms with Crippen LogP contribution < -0.4 is 5.32 Å². The standard InChI is InChI=1S/C16H26FNO2/c1-16(2,3)18-12-15(20-10-6-9-19-4)13-7-5-8-14(17)11-13/h5,7-8,11,15,18H,6,9-10,12H2,1-4H3. The number of ether oxygens (including phenoxy) is 2. The van der Waals surface area contributed by atoms with Crippen LogP contribution in [0.15, 0.2) is 24.3 Å². The summed E-state index contributed by atoms with van der Waals surface area (Å²) in [6.45, 7) is 8.21. The van der Waals surface area contributed by atoms with Crippen LogP contribution in [0.5, 0.6) is 0 Å². The Labute approximate surface area is 121 Å². The number of hydrogen-bond acceptors (Lipinski definition) is 3. The Kier molecular flexibility index (Phi) is 7.13. The highest BCUT2D eigenvalue weighted by molar-refractivity contribution is 5.19. The molecule has 0 heterocycles. The smallest absolute Gasteiger partial charge is 0.123 e. The van der Waals surface area contributed by atoms with Gasteiger partial charge in [0.25, 0.3) is 0 Å². The number of benzene rings is 1. The molecule has 4 heteroatoms. The summed E-state index contributed by atoms with van der Waals surface area (Å²) in [5, 5.41) is 3.40. The third-order valence-corrected chi connectivity index (χ3v) is 2.85. The first kappa shape index (κ1) is 17.1. The zero-order valence-corrected chi connectivity index (χ0v) is 12.9. The SMILES string of the molecule is COCCCOC(CNC(C)(C)C)c1cccc(F)c1. The molecule has 0 aliphatic rings.